The number of allylic oxidation sites excluding steroid dienone is 1. The summed E-state index contributed by atoms with van der Waals surface area (Å²) in [6.45, 7) is 25.2. The standard InChI is InChI=1S/C49H88N2O11/c1-37(2)10-9-11-38(3)42-14-15-43-41-13-12-39-36-40(16-18-48(39,7)44(41)17-19-49(42,43)8)61-45(52)50-20-22-54-24-26-56-28-30-58-32-34-60-35-33-59-31-29-57-27-25-55-23-21-51-46(53)62-47(4,5)6/h12,37-38,40-44H,9-11,13-36H2,1-8H3,(H,50,52)(H,51,53)/t38-,40+,41+,42-,43+,44+,48+,49-/m1/s1. The third kappa shape index (κ3) is 17.8. The van der Waals surface area contributed by atoms with Gasteiger partial charge in [0.2, 0.25) is 0 Å². The van der Waals surface area contributed by atoms with Gasteiger partial charge in [0.25, 0.3) is 0 Å². The van der Waals surface area contributed by atoms with Crippen LogP contribution in [0.3, 0.4) is 0 Å². The topological polar surface area (TPSA) is 141 Å². The van der Waals surface area contributed by atoms with Gasteiger partial charge in [-0.1, -0.05) is 65.5 Å². The zero-order valence-electron chi connectivity index (χ0n) is 40.2. The third-order valence-electron chi connectivity index (χ3n) is 14.2. The molecule has 0 radical (unpaired) electrons. The monoisotopic (exact) mass is 881 g/mol. The van der Waals surface area contributed by atoms with Crippen molar-refractivity contribution in [1.29, 1.82) is 0 Å². The Morgan fingerprint density at radius 2 is 1.18 bits per heavy atom. The van der Waals surface area contributed by atoms with Crippen LogP contribution in [0.25, 0.3) is 0 Å². The van der Waals surface area contributed by atoms with Gasteiger partial charge in [-0.15, -0.1) is 0 Å². The molecule has 2 amide bonds. The van der Waals surface area contributed by atoms with Gasteiger partial charge < -0.3 is 53.3 Å². The minimum Gasteiger partial charge on any atom is -0.446 e. The summed E-state index contributed by atoms with van der Waals surface area (Å²) >= 11 is 0. The van der Waals surface area contributed by atoms with E-state index < -0.39 is 11.7 Å². The van der Waals surface area contributed by atoms with E-state index in [1.54, 1.807) is 5.57 Å². The maximum atomic E-state index is 12.7. The maximum Gasteiger partial charge on any atom is 0.407 e. The van der Waals surface area contributed by atoms with Crippen molar-refractivity contribution >= 4 is 12.2 Å². The van der Waals surface area contributed by atoms with Crippen molar-refractivity contribution < 1.29 is 52.2 Å². The Morgan fingerprint density at radius 1 is 0.661 bits per heavy atom. The number of hydrogen-bond donors (Lipinski definition) is 2. The molecular weight excluding hydrogens is 793 g/mol. The second-order valence-corrected chi connectivity index (χ2v) is 20.2. The van der Waals surface area contributed by atoms with Gasteiger partial charge in [0.1, 0.15) is 11.7 Å². The molecule has 0 spiro atoms. The van der Waals surface area contributed by atoms with E-state index >= 15 is 0 Å². The number of nitrogens with one attached hydrogen (secondary N) is 2. The molecule has 4 aliphatic carbocycles. The van der Waals surface area contributed by atoms with Gasteiger partial charge in [0.05, 0.1) is 92.5 Å². The van der Waals surface area contributed by atoms with Crippen molar-refractivity contribution in [3.8, 4) is 0 Å². The highest BCUT2D eigenvalue weighted by molar-refractivity contribution is 5.67. The van der Waals surface area contributed by atoms with Gasteiger partial charge in [-0.2, -0.15) is 0 Å². The van der Waals surface area contributed by atoms with Gasteiger partial charge in [-0.05, 0) is 112 Å². The van der Waals surface area contributed by atoms with Crippen LogP contribution in [0.1, 0.15) is 126 Å². The summed E-state index contributed by atoms with van der Waals surface area (Å²) in [6, 6.07) is 0. The molecule has 0 saturated heterocycles. The smallest absolute Gasteiger partial charge is 0.407 e. The second-order valence-electron chi connectivity index (χ2n) is 20.2. The van der Waals surface area contributed by atoms with Crippen LogP contribution in [-0.2, 0) is 42.6 Å². The van der Waals surface area contributed by atoms with E-state index in [1.165, 1.54) is 51.4 Å². The van der Waals surface area contributed by atoms with E-state index in [0.29, 0.717) is 111 Å². The molecule has 62 heavy (non-hydrogen) atoms. The summed E-state index contributed by atoms with van der Waals surface area (Å²) in [5.41, 5.74) is 1.79. The lowest BCUT2D eigenvalue weighted by Crippen LogP contribution is -2.51. The van der Waals surface area contributed by atoms with Crippen molar-refractivity contribution in [1.82, 2.24) is 10.6 Å². The average Bonchev–Trinajstić information content (AvgIpc) is 3.57. The predicted octanol–water partition coefficient (Wildman–Crippen LogP) is 8.76. The van der Waals surface area contributed by atoms with Crippen molar-refractivity contribution in [2.75, 3.05) is 106 Å². The van der Waals surface area contributed by atoms with E-state index in [9.17, 15) is 9.59 Å². The maximum absolute atomic E-state index is 12.7. The molecule has 0 aliphatic heterocycles. The first kappa shape index (κ1) is 52.6. The van der Waals surface area contributed by atoms with Crippen LogP contribution in [0.2, 0.25) is 0 Å². The van der Waals surface area contributed by atoms with Crippen LogP contribution in [0.5, 0.6) is 0 Å². The van der Waals surface area contributed by atoms with Crippen molar-refractivity contribution in [2.24, 2.45) is 46.3 Å². The van der Waals surface area contributed by atoms with Crippen LogP contribution < -0.4 is 10.6 Å². The number of carbonyl (C=O) groups is 2. The number of ether oxygens (including phenoxy) is 9. The van der Waals surface area contributed by atoms with Crippen LogP contribution in [0, 0.1) is 46.3 Å². The summed E-state index contributed by atoms with van der Waals surface area (Å²) in [5, 5.41) is 5.52. The Morgan fingerprint density at radius 3 is 1.69 bits per heavy atom. The molecule has 0 aromatic rings. The number of carbonyl (C=O) groups excluding carboxylic acids is 2. The predicted molar refractivity (Wildman–Crippen MR) is 241 cm³/mol. The van der Waals surface area contributed by atoms with Gasteiger partial charge in [-0.25, -0.2) is 9.59 Å². The molecule has 0 aromatic carbocycles. The first-order valence-electron chi connectivity index (χ1n) is 24.4. The fourth-order valence-corrected chi connectivity index (χ4v) is 11.1. The first-order valence-corrected chi connectivity index (χ1v) is 24.4. The van der Waals surface area contributed by atoms with Gasteiger partial charge in [-0.3, -0.25) is 0 Å². The normalized spacial score (nSPS) is 27.5. The minimum atomic E-state index is -0.515. The first-order chi connectivity index (χ1) is 29.7. The summed E-state index contributed by atoms with van der Waals surface area (Å²) in [7, 11) is 0. The number of rotatable bonds is 30. The van der Waals surface area contributed by atoms with Gasteiger partial charge in [0, 0.05) is 19.5 Å². The highest BCUT2D eigenvalue weighted by Crippen LogP contribution is 2.67. The van der Waals surface area contributed by atoms with E-state index in [-0.39, 0.29) is 17.6 Å². The Bertz CT molecular complexity index is 1310. The Kier molecular flexibility index (Phi) is 23.3. The zero-order valence-corrected chi connectivity index (χ0v) is 40.2. The molecule has 13 nitrogen and oxygen atoms in total. The van der Waals surface area contributed by atoms with E-state index in [1.807, 2.05) is 20.8 Å². The van der Waals surface area contributed by atoms with E-state index in [4.69, 9.17) is 42.6 Å². The molecule has 4 rings (SSSR count). The summed E-state index contributed by atoms with van der Waals surface area (Å²) < 4.78 is 49.8. The van der Waals surface area contributed by atoms with Crippen LogP contribution in [0.15, 0.2) is 11.6 Å². The van der Waals surface area contributed by atoms with E-state index in [0.717, 1.165) is 54.8 Å². The highest BCUT2D eigenvalue weighted by Gasteiger charge is 2.59. The molecule has 0 bridgehead atoms. The molecular formula is C49H88N2O11. The Hall–Kier alpha value is -2.00. The molecule has 0 unspecified atom stereocenters. The Labute approximate surface area is 375 Å². The molecule has 0 aromatic heterocycles. The average molecular weight is 881 g/mol. The third-order valence-corrected chi connectivity index (χ3v) is 14.2. The lowest BCUT2D eigenvalue weighted by Gasteiger charge is -2.58. The molecule has 13 heteroatoms. The molecule has 2 N–H and O–H groups in total. The zero-order chi connectivity index (χ0) is 44.9. The molecule has 4 aliphatic rings. The minimum absolute atomic E-state index is 0.0523. The molecule has 3 saturated carbocycles. The number of alkyl carbamates (subject to hydrolysis) is 2. The fourth-order valence-electron chi connectivity index (χ4n) is 11.1. The number of fused-ring (bicyclic) bond motifs is 5. The van der Waals surface area contributed by atoms with Gasteiger partial charge in [0.15, 0.2) is 0 Å². The fraction of sp³-hybridized carbons (Fsp3) is 0.918. The van der Waals surface area contributed by atoms with Crippen LogP contribution >= 0.6 is 0 Å². The Balaban J connectivity index is 0.914. The summed E-state index contributed by atoms with van der Waals surface area (Å²) in [4.78, 5) is 24.3. The SMILES string of the molecule is CC(C)CCC[C@@H](C)[C@H]1CC[C@H]2[C@@H]3CC=C4C[C@@H](OC(=O)NCCOCCOCCOCCOCCOCCOCCOCCNC(=O)OC(C)(C)C)CC[C@]4(C)[C@H]3CC[C@]12C. The molecule has 0 heterocycles. The number of hydrogen-bond acceptors (Lipinski definition) is 11. The summed E-state index contributed by atoms with van der Waals surface area (Å²) in [6.07, 6.45) is 15.6. The van der Waals surface area contributed by atoms with Crippen LogP contribution in [0.4, 0.5) is 9.59 Å². The highest BCUT2D eigenvalue weighted by atomic mass is 16.6. The summed E-state index contributed by atoms with van der Waals surface area (Å²) in [5.74, 6) is 4.97. The second kappa shape index (κ2) is 27.5. The van der Waals surface area contributed by atoms with Crippen molar-refractivity contribution in [3.05, 3.63) is 11.6 Å². The lowest BCUT2D eigenvalue weighted by atomic mass is 9.47. The molecule has 3 fully saturated rings. The lowest BCUT2D eigenvalue weighted by molar-refractivity contribution is -0.0581. The molecule has 8 atom stereocenters. The van der Waals surface area contributed by atoms with Crippen molar-refractivity contribution in [2.45, 2.75) is 138 Å². The number of amides is 2. The van der Waals surface area contributed by atoms with Crippen LogP contribution in [-0.4, -0.2) is 129 Å². The quantitative estimate of drug-likeness (QED) is 0.0529. The van der Waals surface area contributed by atoms with E-state index in [2.05, 4.69) is 51.3 Å². The largest absolute Gasteiger partial charge is 0.446 e. The van der Waals surface area contributed by atoms with Gasteiger partial charge >= 0.3 is 12.2 Å². The van der Waals surface area contributed by atoms with Crippen molar-refractivity contribution in [3.63, 3.8) is 0 Å². The molecule has 360 valence electrons.